The SMILES string of the molecule is CNCc1ccc(-c2cc(-c3nc(C4=CC(C5=CCCCC5)C(=O)N=C4)cnc3N)on2)cc1. The average molecular weight is 455 g/mol. The number of aromatic nitrogens is 3. The van der Waals surface area contributed by atoms with Gasteiger partial charge in [0.2, 0.25) is 0 Å². The van der Waals surface area contributed by atoms with E-state index in [4.69, 9.17) is 15.2 Å². The highest BCUT2D eigenvalue weighted by molar-refractivity contribution is 6.16. The third-order valence-corrected chi connectivity index (χ3v) is 6.14. The van der Waals surface area contributed by atoms with Crippen LogP contribution >= 0.6 is 0 Å². The fourth-order valence-electron chi connectivity index (χ4n) is 4.31. The summed E-state index contributed by atoms with van der Waals surface area (Å²) in [5.74, 6) is 0.191. The summed E-state index contributed by atoms with van der Waals surface area (Å²) in [6.07, 6.45) is 11.4. The van der Waals surface area contributed by atoms with Crippen LogP contribution in [0, 0.1) is 5.92 Å². The molecule has 1 atom stereocenters. The van der Waals surface area contributed by atoms with Crippen LogP contribution in [0.1, 0.15) is 36.9 Å². The second-order valence-electron chi connectivity index (χ2n) is 8.51. The standard InChI is InChI=1S/C26H26N6O2/c1-28-13-16-7-9-18(10-8-16)21-12-23(34-32-21)24-25(27)29-15-22(31-24)19-11-20(26(33)30-14-19)17-5-3-2-4-6-17/h5,7-12,14-15,20,28H,2-4,6,13H2,1H3,(H2,27,29). The number of carbonyl (C=O) groups is 1. The molecule has 0 saturated heterocycles. The Kier molecular flexibility index (Phi) is 6.14. The Bertz CT molecular complexity index is 1300. The predicted octanol–water partition coefficient (Wildman–Crippen LogP) is 4.21. The molecular formula is C26H26N6O2. The summed E-state index contributed by atoms with van der Waals surface area (Å²) in [4.78, 5) is 25.6. The Morgan fingerprint density at radius 3 is 2.79 bits per heavy atom. The molecule has 1 amide bonds. The van der Waals surface area contributed by atoms with Crippen LogP contribution in [0.2, 0.25) is 0 Å². The molecule has 0 radical (unpaired) electrons. The molecule has 0 saturated carbocycles. The minimum atomic E-state index is -0.342. The molecule has 3 N–H and O–H groups in total. The minimum Gasteiger partial charge on any atom is -0.382 e. The zero-order valence-corrected chi connectivity index (χ0v) is 19.0. The lowest BCUT2D eigenvalue weighted by atomic mass is 9.86. The summed E-state index contributed by atoms with van der Waals surface area (Å²) in [5, 5.41) is 7.33. The Balaban J connectivity index is 1.44. The van der Waals surface area contributed by atoms with Gasteiger partial charge in [0.15, 0.2) is 17.3 Å². The van der Waals surface area contributed by atoms with Gasteiger partial charge in [-0.15, -0.1) is 0 Å². The third kappa shape index (κ3) is 4.45. The number of benzene rings is 1. The number of nitrogens with zero attached hydrogens (tertiary/aromatic N) is 4. The Hall–Kier alpha value is -3.91. The number of nitrogens with one attached hydrogen (secondary N) is 1. The van der Waals surface area contributed by atoms with E-state index in [0.29, 0.717) is 22.8 Å². The Morgan fingerprint density at radius 2 is 2.03 bits per heavy atom. The third-order valence-electron chi connectivity index (χ3n) is 6.14. The molecule has 3 aromatic rings. The van der Waals surface area contributed by atoms with Crippen LogP contribution in [0.5, 0.6) is 0 Å². The largest absolute Gasteiger partial charge is 0.382 e. The first-order chi connectivity index (χ1) is 16.6. The summed E-state index contributed by atoms with van der Waals surface area (Å²) >= 11 is 0. The van der Waals surface area contributed by atoms with Gasteiger partial charge in [-0.1, -0.05) is 47.1 Å². The van der Waals surface area contributed by atoms with Gasteiger partial charge in [0.25, 0.3) is 5.91 Å². The van der Waals surface area contributed by atoms with Crippen molar-refractivity contribution in [1.82, 2.24) is 20.4 Å². The topological polar surface area (TPSA) is 119 Å². The van der Waals surface area contributed by atoms with E-state index in [-0.39, 0.29) is 17.6 Å². The van der Waals surface area contributed by atoms with E-state index in [1.165, 1.54) is 5.56 Å². The minimum absolute atomic E-state index is 0.138. The molecule has 3 heterocycles. The number of hydrogen-bond acceptors (Lipinski definition) is 7. The van der Waals surface area contributed by atoms with Crippen molar-refractivity contribution in [2.24, 2.45) is 10.9 Å². The second-order valence-corrected chi connectivity index (χ2v) is 8.51. The van der Waals surface area contributed by atoms with Gasteiger partial charge in [-0.2, -0.15) is 0 Å². The van der Waals surface area contributed by atoms with E-state index in [1.807, 2.05) is 37.4 Å². The number of anilines is 1. The van der Waals surface area contributed by atoms with Crippen molar-refractivity contribution >= 4 is 23.5 Å². The first-order valence-electron chi connectivity index (χ1n) is 11.4. The summed E-state index contributed by atoms with van der Waals surface area (Å²) in [5.41, 5.74) is 11.8. The van der Waals surface area contributed by atoms with Crippen LogP contribution in [-0.4, -0.2) is 34.3 Å². The molecule has 172 valence electrons. The van der Waals surface area contributed by atoms with Crippen molar-refractivity contribution in [2.75, 3.05) is 12.8 Å². The maximum Gasteiger partial charge on any atom is 0.256 e. The molecule has 0 spiro atoms. The van der Waals surface area contributed by atoms with Crippen LogP contribution in [0.4, 0.5) is 5.82 Å². The summed E-state index contributed by atoms with van der Waals surface area (Å²) in [6, 6.07) is 9.90. The van der Waals surface area contributed by atoms with Crippen molar-refractivity contribution in [2.45, 2.75) is 32.2 Å². The van der Waals surface area contributed by atoms with Crippen LogP contribution in [0.25, 0.3) is 28.3 Å². The predicted molar refractivity (Wildman–Crippen MR) is 132 cm³/mol. The molecule has 1 aliphatic carbocycles. The molecule has 2 aliphatic rings. The Labute approximate surface area is 197 Å². The van der Waals surface area contributed by atoms with Crippen molar-refractivity contribution < 1.29 is 9.32 Å². The maximum atomic E-state index is 12.4. The van der Waals surface area contributed by atoms with Gasteiger partial charge >= 0.3 is 0 Å². The summed E-state index contributed by atoms with van der Waals surface area (Å²) < 4.78 is 5.58. The zero-order chi connectivity index (χ0) is 23.5. The average Bonchev–Trinajstić information content (AvgIpc) is 3.36. The second kappa shape index (κ2) is 9.52. The molecule has 1 aromatic carbocycles. The quantitative estimate of drug-likeness (QED) is 0.535. The van der Waals surface area contributed by atoms with Crippen molar-refractivity contribution in [1.29, 1.82) is 0 Å². The molecule has 0 fully saturated rings. The van der Waals surface area contributed by atoms with Crippen molar-refractivity contribution in [3.05, 3.63) is 65.5 Å². The van der Waals surface area contributed by atoms with Gasteiger partial charge in [0.05, 0.1) is 17.8 Å². The molecule has 5 rings (SSSR count). The lowest BCUT2D eigenvalue weighted by Crippen LogP contribution is -2.18. The van der Waals surface area contributed by atoms with E-state index >= 15 is 0 Å². The number of dihydropyridines is 1. The smallest absolute Gasteiger partial charge is 0.256 e. The van der Waals surface area contributed by atoms with Gasteiger partial charge in [0, 0.05) is 30.0 Å². The lowest BCUT2D eigenvalue weighted by Gasteiger charge is -2.21. The molecule has 8 nitrogen and oxygen atoms in total. The lowest BCUT2D eigenvalue weighted by molar-refractivity contribution is -0.119. The van der Waals surface area contributed by atoms with E-state index in [1.54, 1.807) is 18.5 Å². The molecule has 8 heteroatoms. The van der Waals surface area contributed by atoms with Crippen LogP contribution in [0.15, 0.2) is 63.8 Å². The fraction of sp³-hybridized carbons (Fsp3) is 0.269. The number of carbonyl (C=O) groups excluding carboxylic acids is 1. The van der Waals surface area contributed by atoms with Gasteiger partial charge in [-0.3, -0.25) is 4.79 Å². The summed E-state index contributed by atoms with van der Waals surface area (Å²) in [6.45, 7) is 0.798. The Morgan fingerprint density at radius 1 is 1.18 bits per heavy atom. The normalized spacial score (nSPS) is 18.0. The highest BCUT2D eigenvalue weighted by Gasteiger charge is 2.26. The number of allylic oxidation sites excluding steroid dienone is 2. The van der Waals surface area contributed by atoms with E-state index in [0.717, 1.165) is 48.9 Å². The molecule has 0 bridgehead atoms. The highest BCUT2D eigenvalue weighted by Crippen LogP contribution is 2.32. The maximum absolute atomic E-state index is 12.4. The first-order valence-corrected chi connectivity index (χ1v) is 11.4. The number of hydrogen-bond donors (Lipinski definition) is 2. The van der Waals surface area contributed by atoms with E-state index in [9.17, 15) is 4.79 Å². The number of amides is 1. The van der Waals surface area contributed by atoms with Gasteiger partial charge in [-0.25, -0.2) is 15.0 Å². The number of rotatable bonds is 6. The van der Waals surface area contributed by atoms with E-state index < -0.39 is 0 Å². The first kappa shape index (κ1) is 21.9. The molecule has 1 unspecified atom stereocenters. The number of nitrogens with two attached hydrogens (primary N) is 1. The number of aliphatic imine (C=N–C) groups is 1. The molecule has 1 aliphatic heterocycles. The van der Waals surface area contributed by atoms with Crippen molar-refractivity contribution in [3.8, 4) is 22.7 Å². The van der Waals surface area contributed by atoms with Gasteiger partial charge in [-0.05, 0) is 38.3 Å². The molecule has 34 heavy (non-hydrogen) atoms. The van der Waals surface area contributed by atoms with Crippen LogP contribution in [0.3, 0.4) is 0 Å². The highest BCUT2D eigenvalue weighted by atomic mass is 16.5. The van der Waals surface area contributed by atoms with Gasteiger partial charge in [0.1, 0.15) is 5.69 Å². The summed E-state index contributed by atoms with van der Waals surface area (Å²) in [7, 11) is 1.91. The molecule has 2 aromatic heterocycles. The zero-order valence-electron chi connectivity index (χ0n) is 19.0. The van der Waals surface area contributed by atoms with Crippen molar-refractivity contribution in [3.63, 3.8) is 0 Å². The monoisotopic (exact) mass is 454 g/mol. The molecular weight excluding hydrogens is 428 g/mol. The van der Waals surface area contributed by atoms with Crippen LogP contribution < -0.4 is 11.1 Å². The van der Waals surface area contributed by atoms with Gasteiger partial charge < -0.3 is 15.6 Å². The fourth-order valence-corrected chi connectivity index (χ4v) is 4.31. The van der Waals surface area contributed by atoms with Crippen LogP contribution in [-0.2, 0) is 11.3 Å². The number of nitrogen functional groups attached to an aromatic ring is 1. The van der Waals surface area contributed by atoms with E-state index in [2.05, 4.69) is 26.5 Å².